The lowest BCUT2D eigenvalue weighted by Gasteiger charge is -2.25. The molecule has 3 heteroatoms. The van der Waals surface area contributed by atoms with Crippen LogP contribution in [0.15, 0.2) is 42.9 Å². The summed E-state index contributed by atoms with van der Waals surface area (Å²) in [7, 11) is 0. The average molecular weight is 255 g/mol. The van der Waals surface area contributed by atoms with Crippen molar-refractivity contribution < 1.29 is 0 Å². The van der Waals surface area contributed by atoms with Gasteiger partial charge in [0.15, 0.2) is 0 Å². The quantitative estimate of drug-likeness (QED) is 0.911. The van der Waals surface area contributed by atoms with Crippen molar-refractivity contribution in [2.24, 2.45) is 11.7 Å². The molecule has 0 radical (unpaired) electrons. The van der Waals surface area contributed by atoms with E-state index in [-0.39, 0.29) is 0 Å². The average Bonchev–Trinajstić information content (AvgIpc) is 3.12. The topological polar surface area (TPSA) is 43.8 Å². The molecule has 1 aliphatic rings. The van der Waals surface area contributed by atoms with Crippen LogP contribution in [0.25, 0.3) is 11.3 Å². The summed E-state index contributed by atoms with van der Waals surface area (Å²) in [4.78, 5) is 4.35. The molecule has 1 unspecified atom stereocenters. The molecule has 0 spiro atoms. The number of imidazole rings is 1. The summed E-state index contributed by atoms with van der Waals surface area (Å²) in [6, 6.07) is 10.8. The molecule has 0 saturated heterocycles. The van der Waals surface area contributed by atoms with E-state index in [1.807, 2.05) is 18.6 Å². The second kappa shape index (κ2) is 5.57. The van der Waals surface area contributed by atoms with Gasteiger partial charge in [-0.1, -0.05) is 43.2 Å². The third kappa shape index (κ3) is 2.43. The fourth-order valence-corrected chi connectivity index (χ4v) is 3.28. The van der Waals surface area contributed by atoms with Crippen molar-refractivity contribution in [3.8, 4) is 11.3 Å². The monoisotopic (exact) mass is 255 g/mol. The number of nitrogens with zero attached hydrogens (tertiary/aromatic N) is 2. The Morgan fingerprint density at radius 1 is 1.21 bits per heavy atom. The third-order valence-electron chi connectivity index (χ3n) is 4.28. The molecule has 1 heterocycles. The highest BCUT2D eigenvalue weighted by Gasteiger charge is 2.26. The first-order valence-corrected chi connectivity index (χ1v) is 7.17. The van der Waals surface area contributed by atoms with Crippen LogP contribution in [-0.2, 0) is 0 Å². The Balaban J connectivity index is 1.94. The number of rotatable bonds is 4. The Kier molecular flexibility index (Phi) is 3.65. The van der Waals surface area contributed by atoms with E-state index in [0.717, 1.165) is 0 Å². The predicted molar refractivity (Wildman–Crippen MR) is 77.7 cm³/mol. The van der Waals surface area contributed by atoms with Gasteiger partial charge in [0.1, 0.15) is 0 Å². The second-order valence-corrected chi connectivity index (χ2v) is 5.40. The minimum absolute atomic E-state index is 0.389. The van der Waals surface area contributed by atoms with Gasteiger partial charge in [-0.05, 0) is 24.3 Å². The van der Waals surface area contributed by atoms with Crippen LogP contribution in [-0.4, -0.2) is 16.1 Å². The molecule has 1 atom stereocenters. The first kappa shape index (κ1) is 12.4. The summed E-state index contributed by atoms with van der Waals surface area (Å²) in [6.45, 7) is 0.695. The lowest BCUT2D eigenvalue weighted by atomic mass is 9.97. The van der Waals surface area contributed by atoms with Gasteiger partial charge in [-0.15, -0.1) is 0 Å². The van der Waals surface area contributed by atoms with Crippen molar-refractivity contribution in [1.29, 1.82) is 0 Å². The zero-order chi connectivity index (χ0) is 13.1. The Morgan fingerprint density at radius 2 is 1.95 bits per heavy atom. The van der Waals surface area contributed by atoms with E-state index < -0.39 is 0 Å². The van der Waals surface area contributed by atoms with Gasteiger partial charge in [0.2, 0.25) is 0 Å². The van der Waals surface area contributed by atoms with E-state index in [1.54, 1.807) is 0 Å². The smallest absolute Gasteiger partial charge is 0.0954 e. The summed E-state index contributed by atoms with van der Waals surface area (Å²) < 4.78 is 2.28. The molecule has 1 aromatic carbocycles. The first-order valence-electron chi connectivity index (χ1n) is 7.17. The van der Waals surface area contributed by atoms with Crippen molar-refractivity contribution in [1.82, 2.24) is 9.55 Å². The lowest BCUT2D eigenvalue weighted by molar-refractivity contribution is 0.344. The van der Waals surface area contributed by atoms with Crippen LogP contribution in [0.2, 0.25) is 0 Å². The van der Waals surface area contributed by atoms with Crippen LogP contribution in [0.1, 0.15) is 31.7 Å². The van der Waals surface area contributed by atoms with Crippen LogP contribution in [0.3, 0.4) is 0 Å². The highest BCUT2D eigenvalue weighted by Crippen LogP contribution is 2.35. The number of hydrogen-bond acceptors (Lipinski definition) is 2. The van der Waals surface area contributed by atoms with Gasteiger partial charge in [-0.2, -0.15) is 0 Å². The van der Waals surface area contributed by atoms with Crippen LogP contribution < -0.4 is 5.73 Å². The number of nitrogens with two attached hydrogens (primary N) is 1. The van der Waals surface area contributed by atoms with Crippen LogP contribution in [0, 0.1) is 5.92 Å². The summed E-state index contributed by atoms with van der Waals surface area (Å²) >= 11 is 0. The molecule has 2 aromatic rings. The second-order valence-electron chi connectivity index (χ2n) is 5.40. The zero-order valence-electron chi connectivity index (χ0n) is 11.2. The van der Waals surface area contributed by atoms with Crippen molar-refractivity contribution in [2.75, 3.05) is 6.54 Å². The van der Waals surface area contributed by atoms with Gasteiger partial charge in [-0.25, -0.2) is 4.98 Å². The highest BCUT2D eigenvalue weighted by atomic mass is 15.1. The molecule has 1 saturated carbocycles. The molecule has 1 aliphatic carbocycles. The van der Waals surface area contributed by atoms with Gasteiger partial charge >= 0.3 is 0 Å². The molecular formula is C16H21N3. The Bertz CT molecular complexity index is 512. The van der Waals surface area contributed by atoms with Gasteiger partial charge < -0.3 is 10.3 Å². The molecule has 1 aromatic heterocycles. The number of aromatic nitrogens is 2. The Labute approximate surface area is 114 Å². The number of benzene rings is 1. The third-order valence-corrected chi connectivity index (χ3v) is 4.28. The van der Waals surface area contributed by atoms with Gasteiger partial charge in [-0.3, -0.25) is 0 Å². The minimum Gasteiger partial charge on any atom is -0.328 e. The summed E-state index contributed by atoms with van der Waals surface area (Å²) in [6.07, 6.45) is 9.18. The molecule has 3 nitrogen and oxygen atoms in total. The van der Waals surface area contributed by atoms with E-state index in [4.69, 9.17) is 5.73 Å². The maximum atomic E-state index is 6.04. The fourth-order valence-electron chi connectivity index (χ4n) is 3.28. The number of hydrogen-bond donors (Lipinski definition) is 1. The van der Waals surface area contributed by atoms with Crippen molar-refractivity contribution >= 4 is 0 Å². The van der Waals surface area contributed by atoms with Crippen molar-refractivity contribution in [3.63, 3.8) is 0 Å². The van der Waals surface area contributed by atoms with Crippen molar-refractivity contribution in [3.05, 3.63) is 42.9 Å². The van der Waals surface area contributed by atoms with Crippen LogP contribution in [0.5, 0.6) is 0 Å². The Morgan fingerprint density at radius 3 is 2.63 bits per heavy atom. The molecule has 0 amide bonds. The summed E-state index contributed by atoms with van der Waals surface area (Å²) in [5.74, 6) is 0.710. The predicted octanol–water partition coefficient (Wildman–Crippen LogP) is 3.24. The molecule has 100 valence electrons. The van der Waals surface area contributed by atoms with E-state index in [9.17, 15) is 0 Å². The molecule has 19 heavy (non-hydrogen) atoms. The lowest BCUT2D eigenvalue weighted by Crippen LogP contribution is -2.25. The van der Waals surface area contributed by atoms with Gasteiger partial charge in [0.05, 0.1) is 24.3 Å². The first-order chi connectivity index (χ1) is 9.40. The maximum absolute atomic E-state index is 6.04. The standard InChI is InChI=1S/C16H21N3/c17-10-15(13-8-4-5-9-13)19-12-18-11-16(19)14-6-2-1-3-7-14/h1-3,6-7,11-13,15H,4-5,8-10,17H2. The molecular weight excluding hydrogens is 234 g/mol. The van der Waals surface area contributed by atoms with Gasteiger partial charge in [0.25, 0.3) is 0 Å². The van der Waals surface area contributed by atoms with E-state index in [2.05, 4.69) is 33.8 Å². The Hall–Kier alpha value is -1.61. The van der Waals surface area contributed by atoms with Crippen molar-refractivity contribution in [2.45, 2.75) is 31.7 Å². The highest BCUT2D eigenvalue weighted by molar-refractivity contribution is 5.58. The zero-order valence-corrected chi connectivity index (χ0v) is 11.2. The largest absolute Gasteiger partial charge is 0.328 e. The molecule has 1 fully saturated rings. The SMILES string of the molecule is NCC(C1CCCC1)n1cncc1-c1ccccc1. The van der Waals surface area contributed by atoms with E-state index in [1.165, 1.54) is 36.9 Å². The maximum Gasteiger partial charge on any atom is 0.0954 e. The van der Waals surface area contributed by atoms with E-state index >= 15 is 0 Å². The fraction of sp³-hybridized carbons (Fsp3) is 0.438. The summed E-state index contributed by atoms with van der Waals surface area (Å²) in [5.41, 5.74) is 8.44. The van der Waals surface area contributed by atoms with Crippen LogP contribution in [0.4, 0.5) is 0 Å². The molecule has 0 bridgehead atoms. The molecule has 2 N–H and O–H groups in total. The minimum atomic E-state index is 0.389. The molecule has 3 rings (SSSR count). The van der Waals surface area contributed by atoms with E-state index in [0.29, 0.717) is 18.5 Å². The summed E-state index contributed by atoms with van der Waals surface area (Å²) in [5, 5.41) is 0. The molecule has 0 aliphatic heterocycles. The van der Waals surface area contributed by atoms with Gasteiger partial charge in [0, 0.05) is 6.54 Å². The normalized spacial score (nSPS) is 17.7. The van der Waals surface area contributed by atoms with Crippen LogP contribution >= 0.6 is 0 Å².